The summed E-state index contributed by atoms with van der Waals surface area (Å²) in [5.74, 6) is 0.700. The lowest BCUT2D eigenvalue weighted by atomic mass is 10.1. The number of nitrogens with zero attached hydrogens (tertiary/aromatic N) is 1. The number of likely N-dealkylation sites (tertiary alicyclic amines) is 1. The second-order valence-electron chi connectivity index (χ2n) is 5.45. The highest BCUT2D eigenvalue weighted by atomic mass is 16.5. The van der Waals surface area contributed by atoms with Gasteiger partial charge in [-0.3, -0.25) is 9.69 Å². The van der Waals surface area contributed by atoms with Crippen molar-refractivity contribution in [2.45, 2.75) is 31.7 Å². The molecule has 1 aliphatic heterocycles. The van der Waals surface area contributed by atoms with E-state index in [2.05, 4.69) is 10.2 Å². The van der Waals surface area contributed by atoms with E-state index in [-0.39, 0.29) is 5.91 Å². The van der Waals surface area contributed by atoms with Crippen molar-refractivity contribution in [3.05, 3.63) is 24.3 Å². The molecular weight excluding hydrogens is 266 g/mol. The maximum absolute atomic E-state index is 12.2. The van der Waals surface area contributed by atoms with E-state index in [0.29, 0.717) is 18.3 Å². The monoisotopic (exact) mass is 291 g/mol. The SMILES string of the molecule is COc1ccccc1NC(=O)CN1CCCC1CCCN. The van der Waals surface area contributed by atoms with E-state index in [1.165, 1.54) is 6.42 Å². The van der Waals surface area contributed by atoms with Crippen LogP contribution in [-0.4, -0.2) is 43.6 Å². The Balaban J connectivity index is 1.89. The van der Waals surface area contributed by atoms with Crippen molar-refractivity contribution in [3.8, 4) is 5.75 Å². The number of carbonyl (C=O) groups is 1. The third kappa shape index (κ3) is 4.44. The largest absolute Gasteiger partial charge is 0.495 e. The van der Waals surface area contributed by atoms with E-state index >= 15 is 0 Å². The Morgan fingerprint density at radius 2 is 2.29 bits per heavy atom. The number of hydrogen-bond donors (Lipinski definition) is 2. The first-order chi connectivity index (χ1) is 10.2. The highest BCUT2D eigenvalue weighted by Crippen LogP contribution is 2.24. The number of nitrogens with two attached hydrogens (primary N) is 1. The number of hydrogen-bond acceptors (Lipinski definition) is 4. The number of amides is 1. The lowest BCUT2D eigenvalue weighted by Crippen LogP contribution is -2.37. The molecule has 1 aromatic carbocycles. The number of ether oxygens (including phenoxy) is 1. The first-order valence-corrected chi connectivity index (χ1v) is 7.61. The number of nitrogens with one attached hydrogen (secondary N) is 1. The summed E-state index contributed by atoms with van der Waals surface area (Å²) in [6.07, 6.45) is 4.44. The Hall–Kier alpha value is -1.59. The zero-order valence-corrected chi connectivity index (χ0v) is 12.7. The van der Waals surface area contributed by atoms with Gasteiger partial charge in [-0.2, -0.15) is 0 Å². The molecule has 1 saturated heterocycles. The van der Waals surface area contributed by atoms with Gasteiger partial charge in [-0.25, -0.2) is 0 Å². The predicted octanol–water partition coefficient (Wildman–Crippen LogP) is 1.84. The number of carbonyl (C=O) groups excluding carboxylic acids is 1. The molecule has 0 aliphatic carbocycles. The van der Waals surface area contributed by atoms with Crippen LogP contribution in [-0.2, 0) is 4.79 Å². The number of para-hydroxylation sites is 2. The van der Waals surface area contributed by atoms with Crippen molar-refractivity contribution in [3.63, 3.8) is 0 Å². The number of methoxy groups -OCH3 is 1. The van der Waals surface area contributed by atoms with Crippen LogP contribution in [0.25, 0.3) is 0 Å². The molecule has 3 N–H and O–H groups in total. The number of rotatable bonds is 7. The molecule has 0 bridgehead atoms. The second-order valence-corrected chi connectivity index (χ2v) is 5.45. The Bertz CT molecular complexity index is 465. The van der Waals surface area contributed by atoms with Crippen molar-refractivity contribution in [1.29, 1.82) is 0 Å². The quantitative estimate of drug-likeness (QED) is 0.804. The summed E-state index contributed by atoms with van der Waals surface area (Å²) in [5.41, 5.74) is 6.30. The lowest BCUT2D eigenvalue weighted by Gasteiger charge is -2.23. The molecule has 5 heteroatoms. The smallest absolute Gasteiger partial charge is 0.238 e. The van der Waals surface area contributed by atoms with Gasteiger partial charge in [-0.05, 0) is 50.9 Å². The normalized spacial score (nSPS) is 18.7. The van der Waals surface area contributed by atoms with Gasteiger partial charge in [-0.1, -0.05) is 12.1 Å². The van der Waals surface area contributed by atoms with Gasteiger partial charge in [0, 0.05) is 6.04 Å². The average Bonchev–Trinajstić information content (AvgIpc) is 2.92. The van der Waals surface area contributed by atoms with Crippen LogP contribution in [0.1, 0.15) is 25.7 Å². The fourth-order valence-electron chi connectivity index (χ4n) is 2.91. The van der Waals surface area contributed by atoms with Crippen LogP contribution in [0.15, 0.2) is 24.3 Å². The first kappa shape index (κ1) is 15.8. The summed E-state index contributed by atoms with van der Waals surface area (Å²) in [6.45, 7) is 2.15. The summed E-state index contributed by atoms with van der Waals surface area (Å²) >= 11 is 0. The predicted molar refractivity (Wildman–Crippen MR) is 84.5 cm³/mol. The topological polar surface area (TPSA) is 67.6 Å². The number of anilines is 1. The third-order valence-electron chi connectivity index (χ3n) is 3.97. The van der Waals surface area contributed by atoms with Gasteiger partial charge in [0.25, 0.3) is 0 Å². The summed E-state index contributed by atoms with van der Waals surface area (Å²) in [6, 6.07) is 7.97. The third-order valence-corrected chi connectivity index (χ3v) is 3.97. The van der Waals surface area contributed by atoms with E-state index < -0.39 is 0 Å². The molecule has 1 heterocycles. The van der Waals surface area contributed by atoms with E-state index in [0.717, 1.165) is 38.0 Å². The highest BCUT2D eigenvalue weighted by Gasteiger charge is 2.25. The molecule has 5 nitrogen and oxygen atoms in total. The van der Waals surface area contributed by atoms with Crippen molar-refractivity contribution in [2.24, 2.45) is 5.73 Å². The molecule has 1 aromatic rings. The van der Waals surface area contributed by atoms with Gasteiger partial charge < -0.3 is 15.8 Å². The van der Waals surface area contributed by atoms with Gasteiger partial charge in [0.05, 0.1) is 19.3 Å². The molecular formula is C16H25N3O2. The molecule has 0 spiro atoms. The molecule has 1 atom stereocenters. The van der Waals surface area contributed by atoms with E-state index in [9.17, 15) is 4.79 Å². The fourth-order valence-corrected chi connectivity index (χ4v) is 2.91. The van der Waals surface area contributed by atoms with Crippen molar-refractivity contribution >= 4 is 11.6 Å². The molecule has 1 aliphatic rings. The van der Waals surface area contributed by atoms with Crippen molar-refractivity contribution in [1.82, 2.24) is 4.90 Å². The fraction of sp³-hybridized carbons (Fsp3) is 0.562. The zero-order valence-electron chi connectivity index (χ0n) is 12.7. The van der Waals surface area contributed by atoms with Gasteiger partial charge in [0.1, 0.15) is 5.75 Å². The van der Waals surface area contributed by atoms with Crippen LogP contribution in [0.3, 0.4) is 0 Å². The Morgan fingerprint density at radius 1 is 1.48 bits per heavy atom. The average molecular weight is 291 g/mol. The van der Waals surface area contributed by atoms with Crippen LogP contribution in [0.5, 0.6) is 5.75 Å². The Kier molecular flexibility index (Phi) is 6.02. The summed E-state index contributed by atoms with van der Waals surface area (Å²) in [4.78, 5) is 14.5. The minimum absolute atomic E-state index is 0.0131. The minimum atomic E-state index is 0.0131. The van der Waals surface area contributed by atoms with Crippen molar-refractivity contribution in [2.75, 3.05) is 32.1 Å². The van der Waals surface area contributed by atoms with Crippen LogP contribution >= 0.6 is 0 Å². The Labute approximate surface area is 126 Å². The van der Waals surface area contributed by atoms with E-state index in [1.54, 1.807) is 7.11 Å². The molecule has 1 amide bonds. The first-order valence-electron chi connectivity index (χ1n) is 7.61. The van der Waals surface area contributed by atoms with Crippen LogP contribution < -0.4 is 15.8 Å². The van der Waals surface area contributed by atoms with Crippen LogP contribution in [0.4, 0.5) is 5.69 Å². The summed E-state index contributed by atoms with van der Waals surface area (Å²) in [7, 11) is 1.61. The highest BCUT2D eigenvalue weighted by molar-refractivity contribution is 5.93. The standard InChI is InChI=1S/C16H25N3O2/c1-21-15-9-3-2-8-14(15)18-16(20)12-19-11-5-7-13(19)6-4-10-17/h2-3,8-9,13H,4-7,10-12,17H2,1H3,(H,18,20). The zero-order chi connectivity index (χ0) is 15.1. The molecule has 2 rings (SSSR count). The maximum atomic E-state index is 12.2. The molecule has 21 heavy (non-hydrogen) atoms. The molecule has 0 aromatic heterocycles. The van der Waals surface area contributed by atoms with Crippen LogP contribution in [0, 0.1) is 0 Å². The lowest BCUT2D eigenvalue weighted by molar-refractivity contribution is -0.117. The second kappa shape index (κ2) is 8.00. The summed E-state index contributed by atoms with van der Waals surface area (Å²) < 4.78 is 5.25. The maximum Gasteiger partial charge on any atom is 0.238 e. The van der Waals surface area contributed by atoms with Gasteiger partial charge >= 0.3 is 0 Å². The minimum Gasteiger partial charge on any atom is -0.495 e. The van der Waals surface area contributed by atoms with E-state index in [1.807, 2.05) is 24.3 Å². The van der Waals surface area contributed by atoms with Crippen molar-refractivity contribution < 1.29 is 9.53 Å². The van der Waals surface area contributed by atoms with Crippen LogP contribution in [0.2, 0.25) is 0 Å². The molecule has 0 saturated carbocycles. The molecule has 1 fully saturated rings. The van der Waals surface area contributed by atoms with Gasteiger partial charge in [0.2, 0.25) is 5.91 Å². The summed E-state index contributed by atoms with van der Waals surface area (Å²) in [5, 5.41) is 2.93. The molecule has 0 radical (unpaired) electrons. The van der Waals surface area contributed by atoms with E-state index in [4.69, 9.17) is 10.5 Å². The Morgan fingerprint density at radius 3 is 3.05 bits per heavy atom. The van der Waals surface area contributed by atoms with Gasteiger partial charge in [0.15, 0.2) is 0 Å². The molecule has 1 unspecified atom stereocenters. The number of benzene rings is 1. The van der Waals surface area contributed by atoms with Gasteiger partial charge in [-0.15, -0.1) is 0 Å². The molecule has 116 valence electrons.